The van der Waals surface area contributed by atoms with Crippen LogP contribution in [0.25, 0.3) is 0 Å². The van der Waals surface area contributed by atoms with Gasteiger partial charge in [0.1, 0.15) is 24.4 Å². The maximum Gasteiger partial charge on any atom is 0.111 e. The molecule has 0 aromatic heterocycles. The first-order chi connectivity index (χ1) is 12.7. The zero-order valence-corrected chi connectivity index (χ0v) is 17.5. The first-order valence-corrected chi connectivity index (χ1v) is 10.3. The summed E-state index contributed by atoms with van der Waals surface area (Å²) in [5.74, 6) is 1.54. The van der Waals surface area contributed by atoms with Gasteiger partial charge in [0.15, 0.2) is 0 Å². The number of hydrogen-bond donors (Lipinski definition) is 5. The molecule has 6 nitrogen and oxygen atoms in total. The predicted molar refractivity (Wildman–Crippen MR) is 107 cm³/mol. The van der Waals surface area contributed by atoms with Crippen LogP contribution in [-0.2, 0) is 4.74 Å². The Labute approximate surface area is 164 Å². The summed E-state index contributed by atoms with van der Waals surface area (Å²) in [4.78, 5) is 0. The van der Waals surface area contributed by atoms with E-state index in [2.05, 4.69) is 27.7 Å². The normalized spacial score (nSPS) is 18.4. The summed E-state index contributed by atoms with van der Waals surface area (Å²) in [6.07, 6.45) is 3.23. The quantitative estimate of drug-likeness (QED) is 0.204. The molecule has 0 radical (unpaired) electrons. The molecule has 0 spiro atoms. The van der Waals surface area contributed by atoms with E-state index in [0.29, 0.717) is 6.61 Å². The Morgan fingerprint density at radius 1 is 0.889 bits per heavy atom. The van der Waals surface area contributed by atoms with Crippen molar-refractivity contribution in [1.29, 1.82) is 0 Å². The predicted octanol–water partition coefficient (Wildman–Crippen LogP) is 2.02. The van der Waals surface area contributed by atoms with Crippen LogP contribution in [-0.4, -0.2) is 69.8 Å². The third kappa shape index (κ3) is 13.3. The monoisotopic (exact) mass is 390 g/mol. The molecule has 0 aromatic rings. The van der Waals surface area contributed by atoms with E-state index in [-0.39, 0.29) is 6.61 Å². The van der Waals surface area contributed by atoms with Crippen molar-refractivity contribution in [1.82, 2.24) is 0 Å². The summed E-state index contributed by atoms with van der Waals surface area (Å²) >= 11 is 0. The molecule has 0 rings (SSSR count). The summed E-state index contributed by atoms with van der Waals surface area (Å²) < 4.78 is 5.31. The smallest absolute Gasteiger partial charge is 0.111 e. The van der Waals surface area contributed by atoms with Gasteiger partial charge in [0.25, 0.3) is 0 Å². The van der Waals surface area contributed by atoms with E-state index < -0.39 is 31.0 Å². The molecule has 0 aliphatic carbocycles. The van der Waals surface area contributed by atoms with E-state index >= 15 is 0 Å². The number of aliphatic hydroxyl groups is 5. The van der Waals surface area contributed by atoms with E-state index in [0.717, 1.165) is 24.7 Å². The Bertz CT molecular complexity index is 385. The third-order valence-electron chi connectivity index (χ3n) is 4.91. The van der Waals surface area contributed by atoms with Gasteiger partial charge in [-0.15, -0.1) is 0 Å². The summed E-state index contributed by atoms with van der Waals surface area (Å²) in [6, 6.07) is 0. The van der Waals surface area contributed by atoms with Gasteiger partial charge in [0.05, 0.1) is 19.8 Å². The molecular formula is C21H42O6. The molecule has 0 heterocycles. The molecule has 0 saturated carbocycles. The van der Waals surface area contributed by atoms with Crippen molar-refractivity contribution in [3.63, 3.8) is 0 Å². The Hall–Kier alpha value is -0.500. The van der Waals surface area contributed by atoms with Gasteiger partial charge in [-0.2, -0.15) is 0 Å². The van der Waals surface area contributed by atoms with Crippen LogP contribution in [0.3, 0.4) is 0 Å². The topological polar surface area (TPSA) is 110 Å². The van der Waals surface area contributed by atoms with Crippen molar-refractivity contribution in [3.05, 3.63) is 11.6 Å². The minimum atomic E-state index is -1.62. The van der Waals surface area contributed by atoms with Gasteiger partial charge in [-0.05, 0) is 31.6 Å². The Morgan fingerprint density at radius 3 is 2.07 bits per heavy atom. The van der Waals surface area contributed by atoms with Gasteiger partial charge in [-0.25, -0.2) is 0 Å². The molecule has 27 heavy (non-hydrogen) atoms. The first-order valence-electron chi connectivity index (χ1n) is 10.3. The maximum atomic E-state index is 9.76. The van der Waals surface area contributed by atoms with Crippen LogP contribution in [0, 0.1) is 11.8 Å². The lowest BCUT2D eigenvalue weighted by Crippen LogP contribution is -2.47. The lowest BCUT2D eigenvalue weighted by molar-refractivity contribution is -0.127. The number of rotatable bonds is 16. The summed E-state index contributed by atoms with van der Waals surface area (Å²) in [5.41, 5.74) is 1.23. The molecule has 0 amide bonds. The molecule has 0 saturated heterocycles. The van der Waals surface area contributed by atoms with E-state index in [1.807, 2.05) is 6.08 Å². The van der Waals surface area contributed by atoms with E-state index in [4.69, 9.17) is 9.84 Å². The molecule has 1 unspecified atom stereocenters. The van der Waals surface area contributed by atoms with Crippen LogP contribution in [0.15, 0.2) is 11.6 Å². The molecule has 0 aliphatic rings. The lowest BCUT2D eigenvalue weighted by Gasteiger charge is -2.25. The van der Waals surface area contributed by atoms with E-state index in [1.54, 1.807) is 0 Å². The van der Waals surface area contributed by atoms with Crippen LogP contribution in [0.4, 0.5) is 0 Å². The number of hydrogen-bond acceptors (Lipinski definition) is 6. The van der Waals surface area contributed by atoms with E-state index in [1.165, 1.54) is 31.3 Å². The van der Waals surface area contributed by atoms with Crippen LogP contribution in [0.2, 0.25) is 0 Å². The lowest BCUT2D eigenvalue weighted by atomic mass is 9.94. The van der Waals surface area contributed by atoms with Crippen LogP contribution >= 0.6 is 0 Å². The largest absolute Gasteiger partial charge is 0.394 e. The third-order valence-corrected chi connectivity index (χ3v) is 4.91. The van der Waals surface area contributed by atoms with Crippen LogP contribution < -0.4 is 0 Å². The highest BCUT2D eigenvalue weighted by atomic mass is 16.5. The van der Waals surface area contributed by atoms with Crippen molar-refractivity contribution in [2.24, 2.45) is 11.8 Å². The van der Waals surface area contributed by atoms with E-state index in [9.17, 15) is 20.4 Å². The summed E-state index contributed by atoms with van der Waals surface area (Å²) in [5, 5.41) is 47.0. The number of ether oxygens (including phenoxy) is 1. The van der Waals surface area contributed by atoms with Crippen molar-refractivity contribution >= 4 is 0 Å². The average molecular weight is 391 g/mol. The van der Waals surface area contributed by atoms with Gasteiger partial charge >= 0.3 is 0 Å². The number of allylic oxidation sites excluding steroid dienone is 1. The Kier molecular flexibility index (Phi) is 15.1. The van der Waals surface area contributed by atoms with Crippen LogP contribution in [0.5, 0.6) is 0 Å². The van der Waals surface area contributed by atoms with Crippen LogP contribution in [0.1, 0.15) is 66.2 Å². The molecule has 5 N–H and O–H groups in total. The Balaban J connectivity index is 3.89. The second kappa shape index (κ2) is 15.4. The standard InChI is InChI=1S/C21H42O6/c1-15(2)7-5-8-16(3)9-6-10-17(4)11-12-27-14-19(24)21(26)20(25)18(23)13-22/h11,15-16,18-26H,5-10,12-14H2,1-4H3/b17-11+/t16?,18-,19-,20-,21-/m0/s1. The molecule has 162 valence electrons. The van der Waals surface area contributed by atoms with Gasteiger partial charge in [-0.1, -0.05) is 58.1 Å². The molecular weight excluding hydrogens is 348 g/mol. The second-order valence-electron chi connectivity index (χ2n) is 8.21. The van der Waals surface area contributed by atoms with Crippen molar-refractivity contribution in [2.75, 3.05) is 19.8 Å². The van der Waals surface area contributed by atoms with Gasteiger partial charge in [-0.3, -0.25) is 0 Å². The highest BCUT2D eigenvalue weighted by Crippen LogP contribution is 2.19. The molecule has 5 atom stereocenters. The minimum Gasteiger partial charge on any atom is -0.394 e. The minimum absolute atomic E-state index is 0.160. The highest BCUT2D eigenvalue weighted by Gasteiger charge is 2.29. The fourth-order valence-corrected chi connectivity index (χ4v) is 2.90. The van der Waals surface area contributed by atoms with Gasteiger partial charge in [0, 0.05) is 0 Å². The zero-order valence-electron chi connectivity index (χ0n) is 17.5. The summed E-state index contributed by atoms with van der Waals surface area (Å²) in [7, 11) is 0. The molecule has 0 bridgehead atoms. The fourth-order valence-electron chi connectivity index (χ4n) is 2.90. The SMILES string of the molecule is C/C(=C\COC[C@H](O)[C@H](O)[C@@H](O)[C@@H](O)CO)CCCC(C)CCCC(C)C. The van der Waals surface area contributed by atoms with Crippen molar-refractivity contribution in [2.45, 2.75) is 90.6 Å². The summed E-state index contributed by atoms with van der Waals surface area (Å²) in [6.45, 7) is 8.37. The maximum absolute atomic E-state index is 9.76. The molecule has 0 fully saturated rings. The fraction of sp³-hybridized carbons (Fsp3) is 0.905. The highest BCUT2D eigenvalue weighted by molar-refractivity contribution is 4.97. The molecule has 0 aliphatic heterocycles. The Morgan fingerprint density at radius 2 is 1.48 bits per heavy atom. The average Bonchev–Trinajstić information content (AvgIpc) is 2.62. The molecule has 6 heteroatoms. The van der Waals surface area contributed by atoms with Gasteiger partial charge < -0.3 is 30.3 Å². The van der Waals surface area contributed by atoms with Crippen molar-refractivity contribution in [3.8, 4) is 0 Å². The van der Waals surface area contributed by atoms with Gasteiger partial charge in [0.2, 0.25) is 0 Å². The molecule has 0 aromatic carbocycles. The first kappa shape index (κ1) is 26.5. The zero-order chi connectivity index (χ0) is 20.8. The van der Waals surface area contributed by atoms with Crippen molar-refractivity contribution < 1.29 is 30.3 Å². The second-order valence-corrected chi connectivity index (χ2v) is 8.21. The number of aliphatic hydroxyl groups excluding tert-OH is 5.